The molecule has 0 fully saturated rings. The molecule has 0 spiro atoms. The average molecular weight is 247 g/mol. The van der Waals surface area contributed by atoms with E-state index < -0.39 is 0 Å². The second-order valence-electron chi connectivity index (χ2n) is 5.25. The van der Waals surface area contributed by atoms with Crippen LogP contribution < -0.4 is 5.48 Å². The molecule has 0 aliphatic carbocycles. The molecule has 0 saturated heterocycles. The van der Waals surface area contributed by atoms with Crippen molar-refractivity contribution in [3.05, 3.63) is 30.1 Å². The number of nitrogens with one attached hydrogen (secondary N) is 2. The van der Waals surface area contributed by atoms with Gasteiger partial charge in [0.25, 0.3) is 0 Å². The largest absolute Gasteiger partial charge is 0.342 e. The second-order valence-corrected chi connectivity index (χ2v) is 5.25. The summed E-state index contributed by atoms with van der Waals surface area (Å²) in [4.78, 5) is 18.9. The minimum Gasteiger partial charge on any atom is -0.342 e. The van der Waals surface area contributed by atoms with Gasteiger partial charge in [0.15, 0.2) is 0 Å². The van der Waals surface area contributed by atoms with Crippen molar-refractivity contribution in [2.24, 2.45) is 5.41 Å². The van der Waals surface area contributed by atoms with Crippen molar-refractivity contribution in [1.82, 2.24) is 15.4 Å². The van der Waals surface area contributed by atoms with Crippen LogP contribution in [0.3, 0.4) is 0 Å². The SMILES string of the molecule is CC(C)(CC(=O)NO)Cc1nc2ccccc2[nH]1. The van der Waals surface area contributed by atoms with E-state index in [4.69, 9.17) is 5.21 Å². The number of carbonyl (C=O) groups is 1. The Morgan fingerprint density at radius 3 is 2.83 bits per heavy atom. The lowest BCUT2D eigenvalue weighted by molar-refractivity contribution is -0.131. The summed E-state index contributed by atoms with van der Waals surface area (Å²) in [7, 11) is 0. The molecule has 5 heteroatoms. The van der Waals surface area contributed by atoms with E-state index in [0.717, 1.165) is 16.9 Å². The molecule has 96 valence electrons. The molecule has 2 aromatic rings. The highest BCUT2D eigenvalue weighted by molar-refractivity contribution is 5.76. The zero-order valence-electron chi connectivity index (χ0n) is 10.5. The Labute approximate surface area is 105 Å². The molecule has 18 heavy (non-hydrogen) atoms. The van der Waals surface area contributed by atoms with Gasteiger partial charge in [-0.15, -0.1) is 0 Å². The van der Waals surface area contributed by atoms with Crippen molar-refractivity contribution in [2.75, 3.05) is 0 Å². The summed E-state index contributed by atoms with van der Waals surface area (Å²) in [5.74, 6) is 0.475. The quantitative estimate of drug-likeness (QED) is 0.571. The van der Waals surface area contributed by atoms with Crippen LogP contribution in [0.4, 0.5) is 0 Å². The van der Waals surface area contributed by atoms with E-state index in [-0.39, 0.29) is 17.7 Å². The third kappa shape index (κ3) is 2.87. The zero-order chi connectivity index (χ0) is 13.2. The highest BCUT2D eigenvalue weighted by Crippen LogP contribution is 2.25. The number of hydroxylamine groups is 1. The van der Waals surface area contributed by atoms with Gasteiger partial charge in [-0.3, -0.25) is 10.0 Å². The summed E-state index contributed by atoms with van der Waals surface area (Å²) in [6.45, 7) is 3.94. The van der Waals surface area contributed by atoms with Gasteiger partial charge < -0.3 is 4.98 Å². The van der Waals surface area contributed by atoms with Crippen molar-refractivity contribution in [2.45, 2.75) is 26.7 Å². The van der Waals surface area contributed by atoms with Crippen LogP contribution in [0.25, 0.3) is 11.0 Å². The van der Waals surface area contributed by atoms with Gasteiger partial charge >= 0.3 is 0 Å². The van der Waals surface area contributed by atoms with E-state index in [1.807, 2.05) is 38.1 Å². The molecule has 3 N–H and O–H groups in total. The monoisotopic (exact) mass is 247 g/mol. The number of aromatic nitrogens is 2. The Balaban J connectivity index is 2.15. The third-order valence-corrected chi connectivity index (χ3v) is 2.85. The minimum absolute atomic E-state index is 0.251. The molecule has 0 unspecified atom stereocenters. The van der Waals surface area contributed by atoms with Gasteiger partial charge in [-0.1, -0.05) is 26.0 Å². The molecular weight excluding hydrogens is 230 g/mol. The molecule has 1 heterocycles. The molecule has 1 aromatic carbocycles. The number of rotatable bonds is 4. The van der Waals surface area contributed by atoms with Crippen LogP contribution in [-0.4, -0.2) is 21.1 Å². The highest BCUT2D eigenvalue weighted by Gasteiger charge is 2.23. The van der Waals surface area contributed by atoms with Crippen molar-refractivity contribution in [3.8, 4) is 0 Å². The molecule has 5 nitrogen and oxygen atoms in total. The van der Waals surface area contributed by atoms with E-state index in [1.165, 1.54) is 0 Å². The van der Waals surface area contributed by atoms with Gasteiger partial charge in [-0.05, 0) is 17.5 Å². The number of hydrogen-bond donors (Lipinski definition) is 3. The first kappa shape index (κ1) is 12.6. The Morgan fingerprint density at radius 2 is 2.17 bits per heavy atom. The number of H-pyrrole nitrogens is 1. The van der Waals surface area contributed by atoms with Gasteiger partial charge in [0.05, 0.1) is 11.0 Å². The Hall–Kier alpha value is -1.88. The lowest BCUT2D eigenvalue weighted by Crippen LogP contribution is -2.27. The maximum Gasteiger partial charge on any atom is 0.243 e. The lowest BCUT2D eigenvalue weighted by Gasteiger charge is -2.21. The van der Waals surface area contributed by atoms with E-state index in [0.29, 0.717) is 6.42 Å². The predicted octanol–water partition coefficient (Wildman–Crippen LogP) is 2.03. The number of fused-ring (bicyclic) bond motifs is 1. The van der Waals surface area contributed by atoms with E-state index in [2.05, 4.69) is 9.97 Å². The van der Waals surface area contributed by atoms with Crippen LogP contribution >= 0.6 is 0 Å². The normalized spacial score (nSPS) is 11.7. The zero-order valence-corrected chi connectivity index (χ0v) is 10.5. The Kier molecular flexibility index (Phi) is 3.34. The molecule has 1 aromatic heterocycles. The van der Waals surface area contributed by atoms with Crippen LogP contribution in [0.1, 0.15) is 26.1 Å². The van der Waals surface area contributed by atoms with E-state index in [1.54, 1.807) is 5.48 Å². The predicted molar refractivity (Wildman–Crippen MR) is 68.1 cm³/mol. The topological polar surface area (TPSA) is 78.0 Å². The number of benzene rings is 1. The molecule has 2 rings (SSSR count). The number of carbonyl (C=O) groups excluding carboxylic acids is 1. The number of imidazole rings is 1. The molecule has 0 aliphatic rings. The van der Waals surface area contributed by atoms with Crippen molar-refractivity contribution < 1.29 is 10.0 Å². The second kappa shape index (κ2) is 4.78. The van der Waals surface area contributed by atoms with Crippen LogP contribution in [0, 0.1) is 5.41 Å². The van der Waals surface area contributed by atoms with Gasteiger partial charge in [-0.2, -0.15) is 0 Å². The maximum atomic E-state index is 11.2. The molecule has 0 atom stereocenters. The van der Waals surface area contributed by atoms with Crippen LogP contribution in [-0.2, 0) is 11.2 Å². The summed E-state index contributed by atoms with van der Waals surface area (Å²) in [6.07, 6.45) is 0.898. The number of nitrogens with zero attached hydrogens (tertiary/aromatic N) is 1. The smallest absolute Gasteiger partial charge is 0.243 e. The molecule has 0 radical (unpaired) electrons. The standard InChI is InChI=1S/C13H17N3O2/c1-13(2,8-12(17)16-18)7-11-14-9-5-3-4-6-10(9)15-11/h3-6,18H,7-8H2,1-2H3,(H,14,15)(H,16,17). The van der Waals surface area contributed by atoms with Gasteiger partial charge in [-0.25, -0.2) is 10.5 Å². The fraction of sp³-hybridized carbons (Fsp3) is 0.385. The van der Waals surface area contributed by atoms with Gasteiger partial charge in [0.1, 0.15) is 5.82 Å². The van der Waals surface area contributed by atoms with Crippen molar-refractivity contribution >= 4 is 16.9 Å². The molecule has 1 amide bonds. The Morgan fingerprint density at radius 1 is 1.44 bits per heavy atom. The summed E-state index contributed by atoms with van der Waals surface area (Å²) in [6, 6.07) is 7.81. The molecular formula is C13H17N3O2. The average Bonchev–Trinajstić information content (AvgIpc) is 2.68. The lowest BCUT2D eigenvalue weighted by atomic mass is 9.85. The minimum atomic E-state index is -0.379. The first-order valence-corrected chi connectivity index (χ1v) is 5.87. The van der Waals surface area contributed by atoms with Crippen molar-refractivity contribution in [1.29, 1.82) is 0 Å². The fourth-order valence-electron chi connectivity index (χ4n) is 2.08. The third-order valence-electron chi connectivity index (χ3n) is 2.85. The van der Waals surface area contributed by atoms with Crippen molar-refractivity contribution in [3.63, 3.8) is 0 Å². The molecule has 0 bridgehead atoms. The number of hydrogen-bond acceptors (Lipinski definition) is 3. The maximum absolute atomic E-state index is 11.2. The number of para-hydroxylation sites is 2. The van der Waals surface area contributed by atoms with E-state index >= 15 is 0 Å². The molecule has 0 saturated carbocycles. The van der Waals surface area contributed by atoms with E-state index in [9.17, 15) is 4.79 Å². The summed E-state index contributed by atoms with van der Waals surface area (Å²) < 4.78 is 0. The van der Waals surface area contributed by atoms with Crippen LogP contribution in [0.2, 0.25) is 0 Å². The summed E-state index contributed by atoms with van der Waals surface area (Å²) >= 11 is 0. The Bertz CT molecular complexity index is 527. The number of aromatic amines is 1. The molecule has 0 aliphatic heterocycles. The highest BCUT2D eigenvalue weighted by atomic mass is 16.5. The first-order chi connectivity index (χ1) is 8.50. The summed E-state index contributed by atoms with van der Waals surface area (Å²) in [5.41, 5.74) is 3.32. The number of amides is 1. The van der Waals surface area contributed by atoms with Gasteiger partial charge in [0, 0.05) is 12.8 Å². The first-order valence-electron chi connectivity index (χ1n) is 5.87. The fourth-order valence-corrected chi connectivity index (χ4v) is 2.08. The van der Waals surface area contributed by atoms with Crippen LogP contribution in [0.5, 0.6) is 0 Å². The van der Waals surface area contributed by atoms with Crippen LogP contribution in [0.15, 0.2) is 24.3 Å². The summed E-state index contributed by atoms with van der Waals surface area (Å²) in [5, 5.41) is 8.56. The van der Waals surface area contributed by atoms with Gasteiger partial charge in [0.2, 0.25) is 5.91 Å².